The molecular formula is C15H14BrClO3. The van der Waals surface area contributed by atoms with E-state index in [4.69, 9.17) is 25.8 Å². The van der Waals surface area contributed by atoms with Crippen LogP contribution in [-0.2, 0) is 5.33 Å². The predicted octanol–water partition coefficient (Wildman–Crippen LogP) is 5.04. The highest BCUT2D eigenvalue weighted by Crippen LogP contribution is 2.42. The minimum absolute atomic E-state index is 0.530. The monoisotopic (exact) mass is 356 g/mol. The van der Waals surface area contributed by atoms with Crippen molar-refractivity contribution in [3.8, 4) is 23.0 Å². The van der Waals surface area contributed by atoms with Gasteiger partial charge in [-0.2, -0.15) is 0 Å². The molecule has 0 amide bonds. The van der Waals surface area contributed by atoms with Crippen LogP contribution in [0.5, 0.6) is 23.0 Å². The zero-order chi connectivity index (χ0) is 14.5. The molecule has 2 rings (SSSR count). The second kappa shape index (κ2) is 6.86. The Morgan fingerprint density at radius 2 is 1.50 bits per heavy atom. The number of hydrogen-bond donors (Lipinski definition) is 0. The minimum Gasteiger partial charge on any atom is -0.493 e. The van der Waals surface area contributed by atoms with E-state index in [9.17, 15) is 0 Å². The Labute approximate surface area is 131 Å². The summed E-state index contributed by atoms with van der Waals surface area (Å²) in [7, 11) is 3.18. The summed E-state index contributed by atoms with van der Waals surface area (Å²) < 4.78 is 16.6. The molecule has 0 aliphatic rings. The quantitative estimate of drug-likeness (QED) is 0.701. The van der Waals surface area contributed by atoms with Gasteiger partial charge in [-0.05, 0) is 24.3 Å². The van der Waals surface area contributed by atoms with Crippen LogP contribution in [0.4, 0.5) is 0 Å². The first-order valence-electron chi connectivity index (χ1n) is 5.93. The number of ether oxygens (including phenoxy) is 3. The predicted molar refractivity (Wildman–Crippen MR) is 83.7 cm³/mol. The summed E-state index contributed by atoms with van der Waals surface area (Å²) in [5, 5.41) is 1.24. The standard InChI is InChI=1S/C15H14BrClO3/c1-18-13-7-4-8-14(19-2)15(13)20-12-6-3-5-11(17)10(12)9-16/h3-8H,9H2,1-2H3. The van der Waals surface area contributed by atoms with E-state index >= 15 is 0 Å². The van der Waals surface area contributed by atoms with Crippen molar-refractivity contribution in [2.45, 2.75) is 5.33 Å². The molecule has 2 aromatic rings. The number of alkyl halides is 1. The molecule has 0 N–H and O–H groups in total. The van der Waals surface area contributed by atoms with Crippen LogP contribution in [-0.4, -0.2) is 14.2 Å². The zero-order valence-corrected chi connectivity index (χ0v) is 13.5. The lowest BCUT2D eigenvalue weighted by atomic mass is 10.2. The Kier molecular flexibility index (Phi) is 5.15. The maximum absolute atomic E-state index is 6.17. The number of halogens is 2. The molecular weight excluding hydrogens is 344 g/mol. The van der Waals surface area contributed by atoms with Crippen LogP contribution < -0.4 is 14.2 Å². The molecule has 20 heavy (non-hydrogen) atoms. The topological polar surface area (TPSA) is 27.7 Å². The van der Waals surface area contributed by atoms with Gasteiger partial charge in [0.05, 0.1) is 14.2 Å². The van der Waals surface area contributed by atoms with Gasteiger partial charge in [-0.15, -0.1) is 0 Å². The SMILES string of the molecule is COc1cccc(OC)c1Oc1cccc(Cl)c1CBr. The van der Waals surface area contributed by atoms with E-state index < -0.39 is 0 Å². The van der Waals surface area contributed by atoms with Gasteiger partial charge in [-0.1, -0.05) is 39.7 Å². The van der Waals surface area contributed by atoms with Crippen LogP contribution in [0.15, 0.2) is 36.4 Å². The molecule has 0 aromatic heterocycles. The molecule has 0 radical (unpaired) electrons. The van der Waals surface area contributed by atoms with E-state index in [2.05, 4.69) is 15.9 Å². The highest BCUT2D eigenvalue weighted by molar-refractivity contribution is 9.08. The molecule has 0 spiro atoms. The summed E-state index contributed by atoms with van der Waals surface area (Å²) >= 11 is 9.59. The molecule has 0 bridgehead atoms. The average Bonchev–Trinajstić information content (AvgIpc) is 2.47. The van der Waals surface area contributed by atoms with E-state index in [0.29, 0.717) is 33.4 Å². The maximum Gasteiger partial charge on any atom is 0.211 e. The number of methoxy groups -OCH3 is 2. The van der Waals surface area contributed by atoms with E-state index in [1.165, 1.54) is 0 Å². The maximum atomic E-state index is 6.17. The fraction of sp³-hybridized carbons (Fsp3) is 0.200. The smallest absolute Gasteiger partial charge is 0.211 e. The van der Waals surface area contributed by atoms with Gasteiger partial charge in [0.25, 0.3) is 0 Å². The van der Waals surface area contributed by atoms with Crippen molar-refractivity contribution < 1.29 is 14.2 Å². The normalized spacial score (nSPS) is 10.2. The first-order chi connectivity index (χ1) is 9.71. The Morgan fingerprint density at radius 1 is 0.950 bits per heavy atom. The second-order valence-electron chi connectivity index (χ2n) is 3.94. The van der Waals surface area contributed by atoms with Crippen LogP contribution >= 0.6 is 27.5 Å². The van der Waals surface area contributed by atoms with Crippen LogP contribution in [0, 0.1) is 0 Å². The number of para-hydroxylation sites is 1. The minimum atomic E-state index is 0.530. The van der Waals surface area contributed by atoms with Crippen LogP contribution in [0.25, 0.3) is 0 Å². The lowest BCUT2D eigenvalue weighted by Gasteiger charge is -2.16. The summed E-state index contributed by atoms with van der Waals surface area (Å²) in [6, 6.07) is 11.0. The molecule has 0 atom stereocenters. The summed E-state index contributed by atoms with van der Waals surface area (Å²) in [4.78, 5) is 0. The summed E-state index contributed by atoms with van der Waals surface area (Å²) in [5.74, 6) is 2.40. The molecule has 5 heteroatoms. The summed E-state index contributed by atoms with van der Waals surface area (Å²) in [6.07, 6.45) is 0. The summed E-state index contributed by atoms with van der Waals surface area (Å²) in [5.41, 5.74) is 0.877. The molecule has 106 valence electrons. The van der Waals surface area contributed by atoms with Crippen LogP contribution in [0.2, 0.25) is 5.02 Å². The highest BCUT2D eigenvalue weighted by Gasteiger charge is 2.15. The number of rotatable bonds is 5. The van der Waals surface area contributed by atoms with Crippen molar-refractivity contribution in [3.05, 3.63) is 47.0 Å². The third kappa shape index (κ3) is 3.02. The van der Waals surface area contributed by atoms with E-state index in [-0.39, 0.29) is 0 Å². The molecule has 0 fully saturated rings. The molecule has 0 saturated carbocycles. The number of hydrogen-bond acceptors (Lipinski definition) is 3. The lowest BCUT2D eigenvalue weighted by Crippen LogP contribution is -1.96. The summed E-state index contributed by atoms with van der Waals surface area (Å²) in [6.45, 7) is 0. The molecule has 0 aliphatic carbocycles. The van der Waals surface area contributed by atoms with Gasteiger partial charge in [0.15, 0.2) is 11.5 Å². The van der Waals surface area contributed by atoms with Crippen molar-refractivity contribution >= 4 is 27.5 Å². The molecule has 0 aliphatic heterocycles. The Hall–Kier alpha value is -1.39. The lowest BCUT2D eigenvalue weighted by molar-refractivity contribution is 0.345. The fourth-order valence-corrected chi connectivity index (χ4v) is 2.76. The third-order valence-electron chi connectivity index (χ3n) is 2.80. The average molecular weight is 358 g/mol. The van der Waals surface area contributed by atoms with Crippen molar-refractivity contribution in [2.24, 2.45) is 0 Å². The van der Waals surface area contributed by atoms with E-state index in [1.807, 2.05) is 36.4 Å². The first kappa shape index (κ1) is 15.0. The zero-order valence-electron chi connectivity index (χ0n) is 11.2. The van der Waals surface area contributed by atoms with Gasteiger partial charge in [0, 0.05) is 15.9 Å². The molecule has 3 nitrogen and oxygen atoms in total. The Bertz CT molecular complexity index is 579. The molecule has 0 saturated heterocycles. The van der Waals surface area contributed by atoms with E-state index in [0.717, 1.165) is 5.56 Å². The van der Waals surface area contributed by atoms with Crippen molar-refractivity contribution in [1.82, 2.24) is 0 Å². The van der Waals surface area contributed by atoms with Gasteiger partial charge >= 0.3 is 0 Å². The molecule has 0 heterocycles. The van der Waals surface area contributed by atoms with Gasteiger partial charge in [-0.25, -0.2) is 0 Å². The first-order valence-corrected chi connectivity index (χ1v) is 7.43. The van der Waals surface area contributed by atoms with Crippen molar-refractivity contribution in [2.75, 3.05) is 14.2 Å². The largest absolute Gasteiger partial charge is 0.493 e. The van der Waals surface area contributed by atoms with Crippen molar-refractivity contribution in [1.29, 1.82) is 0 Å². The van der Waals surface area contributed by atoms with Gasteiger partial charge in [-0.3, -0.25) is 0 Å². The Morgan fingerprint density at radius 3 is 2.05 bits per heavy atom. The number of benzene rings is 2. The Balaban J connectivity index is 2.47. The fourth-order valence-electron chi connectivity index (χ4n) is 1.79. The van der Waals surface area contributed by atoms with E-state index in [1.54, 1.807) is 14.2 Å². The molecule has 2 aromatic carbocycles. The van der Waals surface area contributed by atoms with Crippen LogP contribution in [0.1, 0.15) is 5.56 Å². The van der Waals surface area contributed by atoms with Gasteiger partial charge < -0.3 is 14.2 Å². The molecule has 0 unspecified atom stereocenters. The van der Waals surface area contributed by atoms with Gasteiger partial charge in [0.2, 0.25) is 5.75 Å². The third-order valence-corrected chi connectivity index (χ3v) is 3.72. The highest BCUT2D eigenvalue weighted by atomic mass is 79.9. The second-order valence-corrected chi connectivity index (χ2v) is 4.91. The van der Waals surface area contributed by atoms with Crippen molar-refractivity contribution in [3.63, 3.8) is 0 Å². The van der Waals surface area contributed by atoms with Gasteiger partial charge in [0.1, 0.15) is 5.75 Å². The van der Waals surface area contributed by atoms with Crippen LogP contribution in [0.3, 0.4) is 0 Å².